The van der Waals surface area contributed by atoms with Gasteiger partial charge >= 0.3 is 0 Å². The summed E-state index contributed by atoms with van der Waals surface area (Å²) >= 11 is 1.10. The Labute approximate surface area is 143 Å². The summed E-state index contributed by atoms with van der Waals surface area (Å²) in [5.74, 6) is -1.15. The number of nitrogens with zero attached hydrogens (tertiary/aromatic N) is 2. The SMILES string of the molecule is CC[C@@]1(C)Cc2ccccc2-c2nc3n(c(=O)c21)C[C@@H](C(=O)[O-])S3. The van der Waals surface area contributed by atoms with Crippen LogP contribution in [0.5, 0.6) is 0 Å². The fourth-order valence-corrected chi connectivity index (χ4v) is 4.70. The van der Waals surface area contributed by atoms with E-state index in [0.717, 1.165) is 30.2 Å². The zero-order valence-corrected chi connectivity index (χ0v) is 14.4. The average molecular weight is 341 g/mol. The molecule has 0 spiro atoms. The van der Waals surface area contributed by atoms with Crippen LogP contribution in [-0.2, 0) is 23.2 Å². The number of hydrogen-bond donors (Lipinski definition) is 0. The molecule has 0 saturated carbocycles. The number of aromatic nitrogens is 2. The van der Waals surface area contributed by atoms with E-state index in [-0.39, 0.29) is 17.5 Å². The Bertz CT molecular complexity index is 921. The number of hydrogen-bond acceptors (Lipinski definition) is 5. The van der Waals surface area contributed by atoms with E-state index in [1.54, 1.807) is 0 Å². The number of benzene rings is 1. The number of carboxylic acids is 1. The molecule has 2 heterocycles. The van der Waals surface area contributed by atoms with Crippen LogP contribution in [0.2, 0.25) is 0 Å². The molecule has 0 amide bonds. The fraction of sp³-hybridized carbons (Fsp3) is 0.389. The van der Waals surface area contributed by atoms with Gasteiger partial charge in [-0.3, -0.25) is 9.36 Å². The molecule has 0 radical (unpaired) electrons. The Morgan fingerprint density at radius 2 is 2.21 bits per heavy atom. The lowest BCUT2D eigenvalue weighted by atomic mass is 9.69. The molecule has 1 aliphatic heterocycles. The molecule has 2 aromatic rings. The summed E-state index contributed by atoms with van der Waals surface area (Å²) in [4.78, 5) is 29.1. The van der Waals surface area contributed by atoms with Crippen LogP contribution >= 0.6 is 11.8 Å². The van der Waals surface area contributed by atoms with Crippen molar-refractivity contribution in [2.75, 3.05) is 0 Å². The minimum atomic E-state index is -1.15. The second-order valence-electron chi connectivity index (χ2n) is 6.71. The maximum Gasteiger partial charge on any atom is 0.258 e. The van der Waals surface area contributed by atoms with Crippen LogP contribution in [0, 0.1) is 0 Å². The topological polar surface area (TPSA) is 75.0 Å². The first kappa shape index (κ1) is 15.4. The fourth-order valence-electron chi connectivity index (χ4n) is 3.69. The third kappa shape index (κ3) is 2.05. The molecule has 5 nitrogen and oxygen atoms in total. The second kappa shape index (κ2) is 5.21. The van der Waals surface area contributed by atoms with Crippen LogP contribution in [0.1, 0.15) is 31.4 Å². The highest BCUT2D eigenvalue weighted by Crippen LogP contribution is 2.43. The molecule has 2 atom stereocenters. The third-order valence-electron chi connectivity index (χ3n) is 5.23. The van der Waals surface area contributed by atoms with Crippen molar-refractivity contribution in [3.63, 3.8) is 0 Å². The van der Waals surface area contributed by atoms with Crippen LogP contribution in [0.4, 0.5) is 0 Å². The highest BCUT2D eigenvalue weighted by atomic mass is 32.2. The van der Waals surface area contributed by atoms with Crippen LogP contribution in [-0.4, -0.2) is 20.8 Å². The number of carbonyl (C=O) groups is 1. The number of aliphatic carboxylic acids is 1. The Hall–Kier alpha value is -2.08. The van der Waals surface area contributed by atoms with E-state index in [0.29, 0.717) is 16.4 Å². The van der Waals surface area contributed by atoms with Crippen molar-refractivity contribution in [2.45, 2.75) is 49.1 Å². The molecule has 0 fully saturated rings. The van der Waals surface area contributed by atoms with E-state index in [1.165, 1.54) is 10.1 Å². The van der Waals surface area contributed by atoms with Gasteiger partial charge in [-0.2, -0.15) is 0 Å². The van der Waals surface area contributed by atoms with Gasteiger partial charge < -0.3 is 9.90 Å². The van der Waals surface area contributed by atoms with E-state index in [9.17, 15) is 14.7 Å². The van der Waals surface area contributed by atoms with E-state index in [2.05, 4.69) is 19.9 Å². The summed E-state index contributed by atoms with van der Waals surface area (Å²) in [6.07, 6.45) is 1.61. The summed E-state index contributed by atoms with van der Waals surface area (Å²) in [6, 6.07) is 8.01. The van der Waals surface area contributed by atoms with Crippen LogP contribution in [0.25, 0.3) is 11.3 Å². The van der Waals surface area contributed by atoms with E-state index < -0.39 is 11.2 Å². The van der Waals surface area contributed by atoms with Crippen molar-refractivity contribution >= 4 is 17.7 Å². The standard InChI is InChI=1S/C18H18N2O3S/c1-3-18(2)8-10-6-4-5-7-11(10)14-13(18)15(21)20-9-12(16(22)23)24-17(20)19-14/h4-7,12H,3,8-9H2,1-2H3,(H,22,23)/p-1/t12-,18-/m0/s1. The zero-order chi connectivity index (χ0) is 17.1. The summed E-state index contributed by atoms with van der Waals surface area (Å²) in [5.41, 5.74) is 3.20. The monoisotopic (exact) mass is 341 g/mol. The van der Waals surface area contributed by atoms with Gasteiger partial charge in [-0.15, -0.1) is 0 Å². The zero-order valence-electron chi connectivity index (χ0n) is 13.5. The van der Waals surface area contributed by atoms with Crippen molar-refractivity contribution in [2.24, 2.45) is 0 Å². The van der Waals surface area contributed by atoms with Crippen molar-refractivity contribution < 1.29 is 9.90 Å². The molecule has 1 aromatic carbocycles. The van der Waals surface area contributed by atoms with Crippen LogP contribution in [0.15, 0.2) is 34.2 Å². The lowest BCUT2D eigenvalue weighted by Crippen LogP contribution is -2.40. The Morgan fingerprint density at radius 3 is 2.92 bits per heavy atom. The van der Waals surface area contributed by atoms with Gasteiger partial charge in [0.1, 0.15) is 0 Å². The van der Waals surface area contributed by atoms with Crippen molar-refractivity contribution in [1.29, 1.82) is 0 Å². The van der Waals surface area contributed by atoms with Crippen molar-refractivity contribution in [3.05, 3.63) is 45.7 Å². The third-order valence-corrected chi connectivity index (χ3v) is 6.38. The lowest BCUT2D eigenvalue weighted by Gasteiger charge is -2.35. The maximum absolute atomic E-state index is 13.2. The molecule has 0 unspecified atom stereocenters. The first-order valence-corrected chi connectivity index (χ1v) is 8.93. The van der Waals surface area contributed by atoms with Gasteiger partial charge in [-0.1, -0.05) is 49.9 Å². The number of fused-ring (bicyclic) bond motifs is 4. The Kier molecular flexibility index (Phi) is 3.35. The molecule has 124 valence electrons. The summed E-state index contributed by atoms with van der Waals surface area (Å²) < 4.78 is 1.51. The average Bonchev–Trinajstić information content (AvgIpc) is 3.00. The predicted molar refractivity (Wildman–Crippen MR) is 89.9 cm³/mol. The van der Waals surface area contributed by atoms with Gasteiger partial charge in [0.25, 0.3) is 5.56 Å². The molecular weight excluding hydrogens is 324 g/mol. The highest BCUT2D eigenvalue weighted by molar-refractivity contribution is 8.00. The molecule has 2 aliphatic rings. The number of carboxylic acid groups (broad SMARTS) is 1. The molecule has 4 rings (SSSR count). The van der Waals surface area contributed by atoms with Gasteiger partial charge in [0.15, 0.2) is 5.16 Å². The number of carbonyl (C=O) groups excluding carboxylic acids is 1. The molecule has 6 heteroatoms. The van der Waals surface area contributed by atoms with E-state index in [4.69, 9.17) is 4.98 Å². The Balaban J connectivity index is 2.00. The molecule has 1 aromatic heterocycles. The summed E-state index contributed by atoms with van der Waals surface area (Å²) in [5, 5.41) is 10.9. The quantitative estimate of drug-likeness (QED) is 0.771. The summed E-state index contributed by atoms with van der Waals surface area (Å²) in [7, 11) is 0. The van der Waals surface area contributed by atoms with Gasteiger partial charge in [-0.25, -0.2) is 4.98 Å². The van der Waals surface area contributed by atoms with E-state index in [1.807, 2.05) is 18.2 Å². The lowest BCUT2D eigenvalue weighted by molar-refractivity contribution is -0.304. The minimum absolute atomic E-state index is 0.106. The van der Waals surface area contributed by atoms with Gasteiger partial charge in [0, 0.05) is 17.5 Å². The Morgan fingerprint density at radius 1 is 1.46 bits per heavy atom. The largest absolute Gasteiger partial charge is 0.549 e. The second-order valence-corrected chi connectivity index (χ2v) is 7.88. The molecule has 0 saturated heterocycles. The van der Waals surface area contributed by atoms with Gasteiger partial charge in [-0.05, 0) is 18.4 Å². The van der Waals surface area contributed by atoms with Gasteiger partial charge in [0.2, 0.25) is 0 Å². The number of thioether (sulfide) groups is 1. The van der Waals surface area contributed by atoms with Crippen LogP contribution < -0.4 is 10.7 Å². The number of rotatable bonds is 2. The highest BCUT2D eigenvalue weighted by Gasteiger charge is 2.39. The smallest absolute Gasteiger partial charge is 0.258 e. The molecule has 0 N–H and O–H groups in total. The normalized spacial score (nSPS) is 24.2. The molecule has 0 bridgehead atoms. The molecular formula is C18H17N2O3S-. The van der Waals surface area contributed by atoms with E-state index >= 15 is 0 Å². The maximum atomic E-state index is 13.2. The van der Waals surface area contributed by atoms with Gasteiger partial charge in [0.05, 0.1) is 22.5 Å². The summed E-state index contributed by atoms with van der Waals surface area (Å²) in [6.45, 7) is 4.30. The minimum Gasteiger partial charge on any atom is -0.549 e. The molecule has 1 aliphatic carbocycles. The van der Waals surface area contributed by atoms with Crippen molar-refractivity contribution in [3.8, 4) is 11.3 Å². The first-order valence-electron chi connectivity index (χ1n) is 8.05. The first-order chi connectivity index (χ1) is 11.4. The van der Waals surface area contributed by atoms with Crippen LogP contribution in [0.3, 0.4) is 0 Å². The van der Waals surface area contributed by atoms with Crippen molar-refractivity contribution in [1.82, 2.24) is 9.55 Å². The predicted octanol–water partition coefficient (Wildman–Crippen LogP) is 1.36. The molecule has 24 heavy (non-hydrogen) atoms.